The van der Waals surface area contributed by atoms with E-state index in [1.165, 1.54) is 7.05 Å². The number of amides is 3. The quantitative estimate of drug-likeness (QED) is 0.594. The second-order valence-corrected chi connectivity index (χ2v) is 5.08. The van der Waals surface area contributed by atoms with Crippen molar-refractivity contribution >= 4 is 22.7 Å². The molecule has 0 bridgehead atoms. The topological polar surface area (TPSA) is 87.3 Å². The van der Waals surface area contributed by atoms with Crippen LogP contribution in [0.3, 0.4) is 0 Å². The van der Waals surface area contributed by atoms with Gasteiger partial charge in [-0.3, -0.25) is 14.3 Å². The predicted octanol–water partition coefficient (Wildman–Crippen LogP) is -0.813. The van der Waals surface area contributed by atoms with E-state index in [-0.39, 0.29) is 6.04 Å². The Hall–Kier alpha value is -0.950. The molecule has 0 saturated heterocycles. The van der Waals surface area contributed by atoms with Crippen LogP contribution in [0, 0.1) is 0 Å². The maximum Gasteiger partial charge on any atom is 0.321 e. The average Bonchev–Trinajstić information content (AvgIpc) is 2.15. The van der Waals surface area contributed by atoms with Gasteiger partial charge >= 0.3 is 6.03 Å². The fraction of sp³-hybridized carbons (Fsp3) is 0.778. The third kappa shape index (κ3) is 6.52. The molecule has 0 radical (unpaired) electrons. The van der Waals surface area contributed by atoms with Crippen molar-refractivity contribution in [2.75, 3.05) is 19.1 Å². The largest absolute Gasteiger partial charge is 0.341 e. The van der Waals surface area contributed by atoms with E-state index in [2.05, 4.69) is 16.0 Å². The zero-order chi connectivity index (χ0) is 12.7. The maximum atomic E-state index is 11.4. The Morgan fingerprint density at radius 3 is 2.31 bits per heavy atom. The molecule has 3 atom stereocenters. The minimum atomic E-state index is -0.911. The summed E-state index contributed by atoms with van der Waals surface area (Å²) in [7, 11) is 0.523. The van der Waals surface area contributed by atoms with E-state index in [0.717, 1.165) is 0 Å². The first kappa shape index (κ1) is 15.0. The first-order valence-corrected chi connectivity index (χ1v) is 6.68. The van der Waals surface area contributed by atoms with Crippen LogP contribution in [-0.4, -0.2) is 47.3 Å². The van der Waals surface area contributed by atoms with E-state index in [4.69, 9.17) is 0 Å². The number of hydrogen-bond acceptors (Lipinski definition) is 4. The minimum absolute atomic E-state index is 0.0451. The van der Waals surface area contributed by atoms with Crippen molar-refractivity contribution in [3.63, 3.8) is 0 Å². The summed E-state index contributed by atoms with van der Waals surface area (Å²) in [6.07, 6.45) is 1.60. The van der Waals surface area contributed by atoms with E-state index in [1.54, 1.807) is 13.2 Å². The van der Waals surface area contributed by atoms with Crippen LogP contribution in [0.1, 0.15) is 13.8 Å². The molecule has 0 aliphatic heterocycles. The monoisotopic (exact) mass is 249 g/mol. The van der Waals surface area contributed by atoms with Gasteiger partial charge in [0.15, 0.2) is 0 Å². The van der Waals surface area contributed by atoms with Crippen molar-refractivity contribution in [3.8, 4) is 0 Å². The van der Waals surface area contributed by atoms with Crippen molar-refractivity contribution in [2.24, 2.45) is 0 Å². The standard InChI is InChI=1S/C9H19N3O3S/c1-6(5-16(4)15)11-7(2)8(13)12-9(14)10-3/h6-7,11H,5H2,1-4H3,(H2,10,12,13,14). The number of carbonyl (C=O) groups excluding carboxylic acids is 2. The second kappa shape index (κ2) is 7.34. The smallest absolute Gasteiger partial charge is 0.321 e. The van der Waals surface area contributed by atoms with E-state index in [9.17, 15) is 13.8 Å². The van der Waals surface area contributed by atoms with Gasteiger partial charge in [-0.05, 0) is 13.8 Å². The van der Waals surface area contributed by atoms with Gasteiger partial charge in [0.25, 0.3) is 0 Å². The van der Waals surface area contributed by atoms with Crippen molar-refractivity contribution in [1.82, 2.24) is 16.0 Å². The molecule has 0 spiro atoms. The minimum Gasteiger partial charge on any atom is -0.341 e. The molecule has 7 heteroatoms. The van der Waals surface area contributed by atoms with E-state index < -0.39 is 28.8 Å². The summed E-state index contributed by atoms with van der Waals surface area (Å²) in [6.45, 7) is 3.48. The lowest BCUT2D eigenvalue weighted by molar-refractivity contribution is -0.121. The van der Waals surface area contributed by atoms with Crippen LogP contribution >= 0.6 is 0 Å². The number of nitrogens with one attached hydrogen (secondary N) is 3. The number of hydrogen-bond donors (Lipinski definition) is 3. The molecule has 0 aromatic carbocycles. The first-order chi connectivity index (χ1) is 7.36. The molecule has 94 valence electrons. The highest BCUT2D eigenvalue weighted by atomic mass is 32.2. The van der Waals surface area contributed by atoms with E-state index >= 15 is 0 Å². The van der Waals surface area contributed by atoms with Crippen LogP contribution in [0.15, 0.2) is 0 Å². The van der Waals surface area contributed by atoms with Crippen molar-refractivity contribution in [1.29, 1.82) is 0 Å². The molecule has 3 amide bonds. The first-order valence-electron chi connectivity index (χ1n) is 4.95. The van der Waals surface area contributed by atoms with Gasteiger partial charge in [-0.25, -0.2) is 4.79 Å². The molecular weight excluding hydrogens is 230 g/mol. The molecule has 0 saturated carbocycles. The molecule has 0 aliphatic carbocycles. The summed E-state index contributed by atoms with van der Waals surface area (Å²) in [5.41, 5.74) is 0. The number of carbonyl (C=O) groups is 2. The van der Waals surface area contributed by atoms with Crippen LogP contribution in [0.25, 0.3) is 0 Å². The summed E-state index contributed by atoms with van der Waals surface area (Å²) in [6, 6.07) is -1.09. The number of imide groups is 1. The molecule has 0 fully saturated rings. The van der Waals surface area contributed by atoms with Crippen LogP contribution in [0.2, 0.25) is 0 Å². The van der Waals surface area contributed by atoms with Gasteiger partial charge in [0.05, 0.1) is 6.04 Å². The van der Waals surface area contributed by atoms with E-state index in [0.29, 0.717) is 5.75 Å². The Kier molecular flexibility index (Phi) is 6.91. The lowest BCUT2D eigenvalue weighted by Gasteiger charge is -2.18. The third-order valence-corrected chi connectivity index (χ3v) is 2.85. The Bertz CT molecular complexity index is 283. The Morgan fingerprint density at radius 2 is 1.88 bits per heavy atom. The molecule has 6 nitrogen and oxygen atoms in total. The van der Waals surface area contributed by atoms with Gasteiger partial charge in [0, 0.05) is 35.9 Å². The summed E-state index contributed by atoms with van der Waals surface area (Å²) < 4.78 is 10.9. The summed E-state index contributed by atoms with van der Waals surface area (Å²) >= 11 is 0. The van der Waals surface area contributed by atoms with Gasteiger partial charge in [0.2, 0.25) is 5.91 Å². The average molecular weight is 249 g/mol. The molecule has 0 aromatic heterocycles. The maximum absolute atomic E-state index is 11.4. The van der Waals surface area contributed by atoms with Crippen molar-refractivity contribution in [2.45, 2.75) is 25.9 Å². The Morgan fingerprint density at radius 1 is 1.31 bits per heavy atom. The molecule has 16 heavy (non-hydrogen) atoms. The normalized spacial score (nSPS) is 16.0. The lowest BCUT2D eigenvalue weighted by atomic mass is 10.2. The summed E-state index contributed by atoms with van der Waals surface area (Å²) in [4.78, 5) is 22.3. The van der Waals surface area contributed by atoms with Gasteiger partial charge in [-0.1, -0.05) is 0 Å². The summed E-state index contributed by atoms with van der Waals surface area (Å²) in [5, 5.41) is 7.40. The second-order valence-electron chi connectivity index (χ2n) is 3.60. The molecular formula is C9H19N3O3S. The highest BCUT2D eigenvalue weighted by Crippen LogP contribution is 1.90. The van der Waals surface area contributed by atoms with Crippen LogP contribution in [0.5, 0.6) is 0 Å². The van der Waals surface area contributed by atoms with Gasteiger partial charge in [-0.15, -0.1) is 0 Å². The highest BCUT2D eigenvalue weighted by Gasteiger charge is 2.17. The SMILES string of the molecule is CNC(=O)NC(=O)C(C)NC(C)CS(C)=O. The lowest BCUT2D eigenvalue weighted by Crippen LogP contribution is -2.50. The van der Waals surface area contributed by atoms with Crippen molar-refractivity contribution < 1.29 is 13.8 Å². The zero-order valence-electron chi connectivity index (χ0n) is 9.99. The molecule has 0 aromatic rings. The Balaban J connectivity index is 4.04. The van der Waals surface area contributed by atoms with Crippen LogP contribution in [0.4, 0.5) is 4.79 Å². The third-order valence-electron chi connectivity index (χ3n) is 1.88. The molecule has 0 heterocycles. The van der Waals surface area contributed by atoms with Crippen molar-refractivity contribution in [3.05, 3.63) is 0 Å². The summed E-state index contributed by atoms with van der Waals surface area (Å²) in [5.74, 6) is 0.0607. The molecule has 3 unspecified atom stereocenters. The zero-order valence-corrected chi connectivity index (χ0v) is 10.8. The van der Waals surface area contributed by atoms with Crippen LogP contribution in [-0.2, 0) is 15.6 Å². The molecule has 3 N–H and O–H groups in total. The fourth-order valence-corrected chi connectivity index (χ4v) is 1.99. The van der Waals surface area contributed by atoms with E-state index in [1.807, 2.05) is 6.92 Å². The van der Waals surface area contributed by atoms with Gasteiger partial charge in [-0.2, -0.15) is 0 Å². The number of urea groups is 1. The molecule has 0 aliphatic rings. The predicted molar refractivity (Wildman–Crippen MR) is 63.6 cm³/mol. The van der Waals surface area contributed by atoms with Gasteiger partial charge in [0.1, 0.15) is 0 Å². The number of rotatable bonds is 5. The fourth-order valence-electron chi connectivity index (χ4n) is 1.19. The Labute approximate surface area is 98.0 Å². The highest BCUT2D eigenvalue weighted by molar-refractivity contribution is 7.84. The van der Waals surface area contributed by atoms with Gasteiger partial charge < -0.3 is 10.6 Å². The molecule has 0 rings (SSSR count). The van der Waals surface area contributed by atoms with Crippen LogP contribution < -0.4 is 16.0 Å².